The molecule has 1 unspecified atom stereocenters. The third-order valence-corrected chi connectivity index (χ3v) is 3.80. The van der Waals surface area contributed by atoms with Gasteiger partial charge in [0.2, 0.25) is 0 Å². The largest absolute Gasteiger partial charge is 0.321 e. The van der Waals surface area contributed by atoms with Gasteiger partial charge in [0.1, 0.15) is 5.82 Å². The van der Waals surface area contributed by atoms with Crippen molar-refractivity contribution in [3.05, 3.63) is 69.5 Å². The fourth-order valence-electron chi connectivity index (χ4n) is 2.01. The van der Waals surface area contributed by atoms with Crippen molar-refractivity contribution in [2.45, 2.75) is 18.9 Å². The van der Waals surface area contributed by atoms with Gasteiger partial charge in [0, 0.05) is 5.54 Å². The minimum atomic E-state index is -0.592. The lowest BCUT2D eigenvalue weighted by Gasteiger charge is -2.25. The Morgan fingerprint density at radius 1 is 1.05 bits per heavy atom. The molecule has 2 rings (SSSR count). The molecule has 4 heteroatoms. The highest BCUT2D eigenvalue weighted by Crippen LogP contribution is 2.27. The molecule has 2 aromatic rings. The standard InChI is InChI=1S/C15H14Cl2FN/c1-15(19,11-3-5-12(18)6-4-11)9-10-2-7-13(16)14(17)8-10/h2-8H,9,19H2,1H3. The van der Waals surface area contributed by atoms with Crippen molar-refractivity contribution in [2.24, 2.45) is 5.73 Å². The highest BCUT2D eigenvalue weighted by Gasteiger charge is 2.22. The van der Waals surface area contributed by atoms with E-state index in [0.717, 1.165) is 11.1 Å². The molecule has 0 amide bonds. The second-order valence-corrected chi connectivity index (χ2v) is 5.66. The summed E-state index contributed by atoms with van der Waals surface area (Å²) in [6.07, 6.45) is 0.593. The lowest BCUT2D eigenvalue weighted by atomic mass is 9.86. The summed E-state index contributed by atoms with van der Waals surface area (Å²) in [5, 5.41) is 1.03. The summed E-state index contributed by atoms with van der Waals surface area (Å²) in [5.41, 5.74) is 7.58. The molecule has 0 aliphatic carbocycles. The van der Waals surface area contributed by atoms with E-state index in [4.69, 9.17) is 28.9 Å². The molecule has 19 heavy (non-hydrogen) atoms. The van der Waals surface area contributed by atoms with E-state index in [1.165, 1.54) is 12.1 Å². The maximum Gasteiger partial charge on any atom is 0.123 e. The summed E-state index contributed by atoms with van der Waals surface area (Å²) in [5.74, 6) is -0.269. The van der Waals surface area contributed by atoms with Crippen LogP contribution in [0.3, 0.4) is 0 Å². The predicted octanol–water partition coefficient (Wildman–Crippen LogP) is 4.55. The van der Waals surface area contributed by atoms with Crippen molar-refractivity contribution >= 4 is 23.2 Å². The maximum absolute atomic E-state index is 12.9. The summed E-state index contributed by atoms with van der Waals surface area (Å²) < 4.78 is 12.9. The molecule has 0 aliphatic rings. The Morgan fingerprint density at radius 3 is 2.26 bits per heavy atom. The molecule has 0 aliphatic heterocycles. The number of hydrogen-bond donors (Lipinski definition) is 1. The van der Waals surface area contributed by atoms with Gasteiger partial charge in [-0.1, -0.05) is 41.4 Å². The molecule has 0 bridgehead atoms. The van der Waals surface area contributed by atoms with Crippen molar-refractivity contribution in [3.8, 4) is 0 Å². The van der Waals surface area contributed by atoms with Gasteiger partial charge in [-0.15, -0.1) is 0 Å². The quantitative estimate of drug-likeness (QED) is 0.884. The van der Waals surface area contributed by atoms with Crippen LogP contribution in [-0.2, 0) is 12.0 Å². The van der Waals surface area contributed by atoms with Crippen molar-refractivity contribution in [1.82, 2.24) is 0 Å². The van der Waals surface area contributed by atoms with Crippen LogP contribution in [0, 0.1) is 5.82 Å². The molecule has 0 heterocycles. The summed E-state index contributed by atoms with van der Waals surface area (Å²) in [6.45, 7) is 1.91. The van der Waals surface area contributed by atoms with Crippen molar-refractivity contribution in [3.63, 3.8) is 0 Å². The van der Waals surface area contributed by atoms with Crippen molar-refractivity contribution in [2.75, 3.05) is 0 Å². The summed E-state index contributed by atoms with van der Waals surface area (Å²) in [6, 6.07) is 11.7. The van der Waals surface area contributed by atoms with Gasteiger partial charge in [-0.25, -0.2) is 4.39 Å². The first-order chi connectivity index (χ1) is 8.88. The highest BCUT2D eigenvalue weighted by atomic mass is 35.5. The molecule has 2 aromatic carbocycles. The molecule has 0 radical (unpaired) electrons. The van der Waals surface area contributed by atoms with Gasteiger partial charge in [0.05, 0.1) is 10.0 Å². The van der Waals surface area contributed by atoms with Crippen LogP contribution in [0.2, 0.25) is 10.0 Å². The smallest absolute Gasteiger partial charge is 0.123 e. The van der Waals surface area contributed by atoms with Gasteiger partial charge in [-0.05, 0) is 48.7 Å². The van der Waals surface area contributed by atoms with Crippen molar-refractivity contribution in [1.29, 1.82) is 0 Å². The minimum absolute atomic E-state index is 0.269. The van der Waals surface area contributed by atoms with Crippen LogP contribution in [0.4, 0.5) is 4.39 Å². The molecule has 0 saturated heterocycles. The lowest BCUT2D eigenvalue weighted by molar-refractivity contribution is 0.490. The molecule has 0 fully saturated rings. The van der Waals surface area contributed by atoms with Gasteiger partial charge in [-0.2, -0.15) is 0 Å². The van der Waals surface area contributed by atoms with Gasteiger partial charge in [0.15, 0.2) is 0 Å². The molecule has 2 N–H and O–H groups in total. The Labute approximate surface area is 122 Å². The lowest BCUT2D eigenvalue weighted by Crippen LogP contribution is -2.35. The molecule has 0 spiro atoms. The fraction of sp³-hybridized carbons (Fsp3) is 0.200. The van der Waals surface area contributed by atoms with E-state index >= 15 is 0 Å². The van der Waals surface area contributed by atoms with E-state index in [9.17, 15) is 4.39 Å². The molecule has 0 aromatic heterocycles. The first kappa shape index (κ1) is 14.3. The second kappa shape index (κ2) is 5.49. The first-order valence-electron chi connectivity index (χ1n) is 5.87. The number of benzene rings is 2. The molecular weight excluding hydrogens is 284 g/mol. The zero-order chi connectivity index (χ0) is 14.0. The third kappa shape index (κ3) is 3.47. The predicted molar refractivity (Wildman–Crippen MR) is 78.1 cm³/mol. The van der Waals surface area contributed by atoms with Crippen molar-refractivity contribution < 1.29 is 4.39 Å². The van der Waals surface area contributed by atoms with Crippen LogP contribution in [0.5, 0.6) is 0 Å². The number of rotatable bonds is 3. The van der Waals surface area contributed by atoms with Gasteiger partial charge in [-0.3, -0.25) is 0 Å². The van der Waals surface area contributed by atoms with E-state index < -0.39 is 5.54 Å². The normalized spacial score (nSPS) is 14.2. The van der Waals surface area contributed by atoms with E-state index in [2.05, 4.69) is 0 Å². The maximum atomic E-state index is 12.9. The van der Waals surface area contributed by atoms with Crippen LogP contribution < -0.4 is 5.73 Å². The van der Waals surface area contributed by atoms with Crippen LogP contribution in [0.15, 0.2) is 42.5 Å². The van der Waals surface area contributed by atoms with Gasteiger partial charge in [0.25, 0.3) is 0 Å². The Kier molecular flexibility index (Phi) is 4.14. The first-order valence-corrected chi connectivity index (χ1v) is 6.63. The topological polar surface area (TPSA) is 26.0 Å². The number of halogens is 3. The van der Waals surface area contributed by atoms with Crippen LogP contribution in [0.25, 0.3) is 0 Å². The monoisotopic (exact) mass is 297 g/mol. The van der Waals surface area contributed by atoms with Crippen LogP contribution in [0.1, 0.15) is 18.1 Å². The Balaban J connectivity index is 2.25. The summed E-state index contributed by atoms with van der Waals surface area (Å²) in [4.78, 5) is 0. The van der Waals surface area contributed by atoms with Gasteiger partial charge < -0.3 is 5.73 Å². The zero-order valence-corrected chi connectivity index (χ0v) is 12.0. The molecule has 1 atom stereocenters. The number of hydrogen-bond acceptors (Lipinski definition) is 1. The average Bonchev–Trinajstić information content (AvgIpc) is 2.34. The Morgan fingerprint density at radius 2 is 1.68 bits per heavy atom. The van der Waals surface area contributed by atoms with Gasteiger partial charge >= 0.3 is 0 Å². The number of nitrogens with two attached hydrogens (primary N) is 1. The minimum Gasteiger partial charge on any atom is -0.321 e. The zero-order valence-electron chi connectivity index (χ0n) is 10.5. The van der Waals surface area contributed by atoms with E-state index in [-0.39, 0.29) is 5.82 Å². The highest BCUT2D eigenvalue weighted by molar-refractivity contribution is 6.42. The van der Waals surface area contributed by atoms with E-state index in [1.807, 2.05) is 13.0 Å². The SMILES string of the molecule is CC(N)(Cc1ccc(Cl)c(Cl)c1)c1ccc(F)cc1. The second-order valence-electron chi connectivity index (χ2n) is 4.85. The molecule has 0 saturated carbocycles. The Hall–Kier alpha value is -1.09. The van der Waals surface area contributed by atoms with Crippen LogP contribution >= 0.6 is 23.2 Å². The molecule has 1 nitrogen and oxygen atoms in total. The summed E-state index contributed by atoms with van der Waals surface area (Å²) in [7, 11) is 0. The third-order valence-electron chi connectivity index (χ3n) is 3.06. The molecular formula is C15H14Cl2FN. The van der Waals surface area contributed by atoms with Crippen LogP contribution in [-0.4, -0.2) is 0 Å². The summed E-state index contributed by atoms with van der Waals surface area (Å²) >= 11 is 11.9. The Bertz CT molecular complexity index is 579. The fourth-order valence-corrected chi connectivity index (χ4v) is 2.33. The van der Waals surface area contributed by atoms with E-state index in [1.54, 1.807) is 24.3 Å². The van der Waals surface area contributed by atoms with E-state index in [0.29, 0.717) is 16.5 Å². The molecule has 100 valence electrons. The average molecular weight is 298 g/mol.